The van der Waals surface area contributed by atoms with Crippen LogP contribution in [0.15, 0.2) is 30.5 Å². The van der Waals surface area contributed by atoms with Gasteiger partial charge in [0.05, 0.1) is 149 Å². The Morgan fingerprint density at radius 2 is 1.15 bits per heavy atom. The van der Waals surface area contributed by atoms with Crippen LogP contribution in [-0.4, -0.2) is 318 Å². The molecule has 4 heterocycles. The van der Waals surface area contributed by atoms with E-state index in [-0.39, 0.29) is 115 Å². The highest BCUT2D eigenvalue weighted by molar-refractivity contribution is 8.00. The molecule has 0 unspecified atom stereocenters. The van der Waals surface area contributed by atoms with Gasteiger partial charge in [0.2, 0.25) is 70.8 Å². The first-order valence-electron chi connectivity index (χ1n) is 37.1. The van der Waals surface area contributed by atoms with E-state index in [1.807, 2.05) is 11.8 Å². The molecule has 0 saturated carbocycles. The molecule has 0 aliphatic carbocycles. The molecule has 3 aliphatic rings. The number of hydrogen-bond donors (Lipinski definition) is 16. The van der Waals surface area contributed by atoms with Crippen molar-refractivity contribution in [1.29, 1.82) is 0 Å². The van der Waals surface area contributed by atoms with Crippen LogP contribution >= 0.6 is 11.8 Å². The second kappa shape index (κ2) is 53.1. The van der Waals surface area contributed by atoms with E-state index >= 15 is 0 Å². The number of halogens is 1. The first kappa shape index (κ1) is 94.5. The number of urea groups is 1. The molecule has 0 bridgehead atoms. The van der Waals surface area contributed by atoms with E-state index in [1.54, 1.807) is 10.9 Å². The lowest BCUT2D eigenvalue weighted by Crippen LogP contribution is -2.60. The Balaban J connectivity index is 1.04. The maximum Gasteiger partial charge on any atom is 0.315 e. The summed E-state index contributed by atoms with van der Waals surface area (Å²) in [5.41, 5.74) is 16.8. The number of aromatic nitrogens is 3. The van der Waals surface area contributed by atoms with Crippen molar-refractivity contribution in [2.24, 2.45) is 23.1 Å². The number of primary amides is 3. The lowest BCUT2D eigenvalue weighted by molar-refractivity contribution is -0.284. The van der Waals surface area contributed by atoms with Crippen molar-refractivity contribution in [2.45, 2.75) is 150 Å². The molecule has 19 N–H and O–H groups in total. The summed E-state index contributed by atoms with van der Waals surface area (Å²) in [5.74, 6) is -12.9. The normalized spacial score (nSPS) is 18.6. The van der Waals surface area contributed by atoms with Crippen molar-refractivity contribution in [3.63, 3.8) is 0 Å². The number of fused-ring (bicyclic) bond motifs is 1. The van der Waals surface area contributed by atoms with Gasteiger partial charge in [-0.15, -0.1) is 5.10 Å². The van der Waals surface area contributed by atoms with Crippen LogP contribution in [0.25, 0.3) is 0 Å². The summed E-state index contributed by atoms with van der Waals surface area (Å²) in [6, 6.07) is -3.02. The van der Waals surface area contributed by atoms with Crippen molar-refractivity contribution in [3.8, 4) is 5.75 Å². The largest absolute Gasteiger partial charge is 0.508 e. The number of phenolic OH excluding ortho intramolecular Hbond substituents is 1. The first-order chi connectivity index (χ1) is 54.2. The van der Waals surface area contributed by atoms with E-state index in [4.69, 9.17) is 64.6 Å². The second-order valence-electron chi connectivity index (χ2n) is 26.5. The van der Waals surface area contributed by atoms with Gasteiger partial charge in [0.1, 0.15) is 55.8 Å². The fourth-order valence-corrected chi connectivity index (χ4v) is 12.8. The molecular weight excluding hydrogens is 1520 g/mol. The number of hydrogen-bond acceptors (Lipinski definition) is 28. The number of carboxylic acid groups (broad SMARTS) is 1. The maximum atomic E-state index is 14.5. The average molecular weight is 1630 g/mol. The number of ether oxygens (including phenoxy) is 10. The first-order valence-corrected chi connectivity index (χ1v) is 38.1. The number of benzene rings is 1. The SMILES string of the molecule is C[C@@H](O)[C@H](NC(=O)[C@H](CCC(N)=O)NC(=O)[C@H](CCC(=O)O)NC(=O)[C@H](CCC(N)=O)NC(=O)[C@H](Cc1ccc(O)cc1)NC(=O)COCCOCCOCCOCCNC(=O)CCCC[C@@H]1SC[C@@H]2NC(=O)N[C@@H]21)C(=O)NCC(=O)NCC1(CF)OCC(Cc2cn(CCOCCOCCOCCOCC(N)=O)nn2)CO1. The topological polar surface area (TPSA) is 604 Å². The Labute approximate surface area is 655 Å². The molecule has 5 rings (SSSR count). The molecule has 2 aromatic rings. The number of rotatable bonds is 62. The van der Waals surface area contributed by atoms with Crippen LogP contribution in [0.2, 0.25) is 0 Å². The van der Waals surface area contributed by atoms with Crippen LogP contribution in [0, 0.1) is 5.92 Å². The summed E-state index contributed by atoms with van der Waals surface area (Å²) in [6.07, 6.45) is -0.624. The molecule has 634 valence electrons. The monoisotopic (exact) mass is 1630 g/mol. The number of aromatic hydroxyl groups is 1. The highest BCUT2D eigenvalue weighted by Gasteiger charge is 2.43. The average Bonchev–Trinajstić information content (AvgIpc) is 1.67. The van der Waals surface area contributed by atoms with E-state index in [9.17, 15) is 82.0 Å². The lowest BCUT2D eigenvalue weighted by Gasteiger charge is -2.38. The molecular formula is C69H109FN16O26S. The predicted octanol–water partition coefficient (Wildman–Crippen LogP) is -6.01. The van der Waals surface area contributed by atoms with E-state index in [2.05, 4.69) is 63.5 Å². The molecule has 1 aromatic carbocycles. The molecule has 42 nitrogen and oxygen atoms in total. The molecule has 13 amide bonds. The molecule has 3 fully saturated rings. The summed E-state index contributed by atoms with van der Waals surface area (Å²) >= 11 is 1.84. The van der Waals surface area contributed by atoms with Gasteiger partial charge in [-0.1, -0.05) is 23.8 Å². The molecule has 3 saturated heterocycles. The number of carboxylic acids is 1. The third kappa shape index (κ3) is 39.0. The lowest BCUT2D eigenvalue weighted by atomic mass is 10.0. The van der Waals surface area contributed by atoms with E-state index in [0.29, 0.717) is 82.1 Å². The molecule has 3 aliphatic heterocycles. The minimum Gasteiger partial charge on any atom is -0.508 e. The fraction of sp³-hybridized carbons (Fsp3) is 0.696. The Hall–Kier alpha value is -9.09. The van der Waals surface area contributed by atoms with Gasteiger partial charge in [0.15, 0.2) is 0 Å². The minimum absolute atomic E-state index is 0.00131. The molecule has 0 radical (unpaired) electrons. The van der Waals surface area contributed by atoms with E-state index in [1.165, 1.54) is 24.3 Å². The number of amides is 13. The standard InChI is InChI=1S/C69H109FN16O26S/c1-43(87)61(67(101)75-34-58(93)76-42-69(41-70)111-36-45(37-112-69)32-46-35-86(85-84-46)17-19-104-21-23-106-25-26-107-28-30-109-38-56(73)91)82-65(99)49(11-14-55(72)90)78-64(98)50(12-15-60(95)96)79-63(97)48(10-13-54(71)89)80-66(100)51(33-44-6-8-47(88)9-7-44)77-59(94)39-110-31-29-108-27-24-105-22-20-103-18-16-74-57(92)5-3-2-4-53-62-52(40-113-53)81-68(102)83-62/h6-9,35,43,45,48-53,61-62,87-88H,2-5,10-34,36-42H2,1H3,(H2,71,89)(H2,72,90)(H2,73,91)(H,74,92)(H,75,101)(H,76,93)(H,77,94)(H,78,98)(H,79,97)(H,80,100)(H,82,99)(H,95,96)(H2,81,83,102)/t43-,45?,48+,49+,50+,51+,52+,53+,61+,62+,69?/m1/s1. The number of phenols is 1. The highest BCUT2D eigenvalue weighted by atomic mass is 32.2. The van der Waals surface area contributed by atoms with Gasteiger partial charge in [0, 0.05) is 68.2 Å². The summed E-state index contributed by atoms with van der Waals surface area (Å²) in [4.78, 5) is 167. The molecule has 9 atom stereocenters. The zero-order valence-electron chi connectivity index (χ0n) is 63.2. The van der Waals surface area contributed by atoms with E-state index in [0.717, 1.165) is 31.9 Å². The van der Waals surface area contributed by atoms with Gasteiger partial charge in [-0.2, -0.15) is 11.8 Å². The predicted molar refractivity (Wildman–Crippen MR) is 393 cm³/mol. The Morgan fingerprint density at radius 3 is 1.70 bits per heavy atom. The molecule has 44 heteroatoms. The number of aliphatic hydroxyl groups is 1. The number of nitrogens with one attached hydrogen (secondary N) is 10. The number of aliphatic carboxylic acids is 1. The van der Waals surface area contributed by atoms with Crippen LogP contribution < -0.4 is 70.4 Å². The maximum absolute atomic E-state index is 14.5. The number of nitrogens with two attached hydrogens (primary N) is 3. The zero-order valence-corrected chi connectivity index (χ0v) is 64.0. The summed E-state index contributed by atoms with van der Waals surface area (Å²) < 4.78 is 71.0. The van der Waals surface area contributed by atoms with Gasteiger partial charge < -0.3 is 133 Å². The molecule has 113 heavy (non-hydrogen) atoms. The smallest absolute Gasteiger partial charge is 0.315 e. The van der Waals surface area contributed by atoms with Gasteiger partial charge >= 0.3 is 12.0 Å². The number of nitrogens with zero attached hydrogens (tertiary/aromatic N) is 3. The van der Waals surface area contributed by atoms with Crippen molar-refractivity contribution in [2.75, 3.05) is 151 Å². The van der Waals surface area contributed by atoms with Gasteiger partial charge in [-0.3, -0.25) is 57.5 Å². The number of thioether (sulfide) groups is 1. The summed E-state index contributed by atoms with van der Waals surface area (Å²) in [5, 5.41) is 64.1. The summed E-state index contributed by atoms with van der Waals surface area (Å²) in [7, 11) is 0. The minimum atomic E-state index is -1.90. The molecule has 0 spiro atoms. The Bertz CT molecular complexity index is 3330. The number of unbranched alkanes of at least 4 members (excludes halogenated alkanes) is 1. The fourth-order valence-electron chi connectivity index (χ4n) is 11.3. The van der Waals surface area contributed by atoms with Crippen LogP contribution in [0.1, 0.15) is 82.4 Å². The zero-order chi connectivity index (χ0) is 82.3. The quantitative estimate of drug-likeness (QED) is 0.0217. The Morgan fingerprint density at radius 1 is 0.619 bits per heavy atom. The van der Waals surface area contributed by atoms with Gasteiger partial charge in [-0.25, -0.2) is 13.9 Å². The number of carbonyl (C=O) groups is 13. The third-order valence-corrected chi connectivity index (χ3v) is 18.8. The molecule has 1 aromatic heterocycles. The van der Waals surface area contributed by atoms with Crippen LogP contribution in [0.4, 0.5) is 9.18 Å². The van der Waals surface area contributed by atoms with Crippen LogP contribution in [0.3, 0.4) is 0 Å². The highest BCUT2D eigenvalue weighted by Crippen LogP contribution is 2.33. The second-order valence-corrected chi connectivity index (χ2v) is 27.8. The van der Waals surface area contributed by atoms with E-state index < -0.39 is 172 Å². The number of aliphatic hydroxyl groups excluding tert-OH is 1. The van der Waals surface area contributed by atoms with Crippen molar-refractivity contribution in [3.05, 3.63) is 41.7 Å². The van der Waals surface area contributed by atoms with Crippen LogP contribution in [-0.2, 0) is 124 Å². The summed E-state index contributed by atoms with van der Waals surface area (Å²) in [6.45, 7) is 1.85. The number of alkyl halides is 1. The van der Waals surface area contributed by atoms with Crippen LogP contribution in [0.5, 0.6) is 5.75 Å². The Kier molecular flexibility index (Phi) is 44.4. The van der Waals surface area contributed by atoms with Crippen molar-refractivity contribution in [1.82, 2.24) is 68.2 Å². The van der Waals surface area contributed by atoms with Gasteiger partial charge in [-0.05, 0) is 56.7 Å². The third-order valence-electron chi connectivity index (χ3n) is 17.2. The van der Waals surface area contributed by atoms with Crippen molar-refractivity contribution >= 4 is 88.7 Å². The number of carbonyl (C=O) groups excluding carboxylic acids is 12. The van der Waals surface area contributed by atoms with Gasteiger partial charge in [0.25, 0.3) is 0 Å². The van der Waals surface area contributed by atoms with Crippen molar-refractivity contribution < 1.29 is 129 Å².